The van der Waals surface area contributed by atoms with Crippen LogP contribution in [0, 0.1) is 25.7 Å². The molecule has 1 N–H and O–H groups in total. The van der Waals surface area contributed by atoms with Crippen LogP contribution in [0.5, 0.6) is 0 Å². The van der Waals surface area contributed by atoms with Crippen molar-refractivity contribution in [1.82, 2.24) is 4.98 Å². The molecule has 1 saturated heterocycles. The lowest BCUT2D eigenvalue weighted by Crippen LogP contribution is -2.49. The van der Waals surface area contributed by atoms with E-state index < -0.39 is 6.10 Å². The van der Waals surface area contributed by atoms with E-state index in [4.69, 9.17) is 9.15 Å². The first-order valence-electron chi connectivity index (χ1n) is 9.95. The topological polar surface area (TPSA) is 72.6 Å². The molecule has 0 bridgehead atoms. The van der Waals surface area contributed by atoms with Gasteiger partial charge in [-0.15, -0.1) is 0 Å². The Morgan fingerprint density at radius 2 is 1.90 bits per heavy atom. The van der Waals surface area contributed by atoms with Gasteiger partial charge in [0.05, 0.1) is 18.3 Å². The number of hydrogen-bond acceptors (Lipinski definition) is 6. The first-order chi connectivity index (χ1) is 13.7. The van der Waals surface area contributed by atoms with E-state index in [-0.39, 0.29) is 35.6 Å². The normalized spacial score (nSPS) is 27.8. The molecular formula is C23H29NO4S. The van der Waals surface area contributed by atoms with Gasteiger partial charge in [-0.25, -0.2) is 4.98 Å². The van der Waals surface area contributed by atoms with Gasteiger partial charge in [0.1, 0.15) is 12.0 Å². The van der Waals surface area contributed by atoms with Crippen molar-refractivity contribution in [2.24, 2.45) is 11.8 Å². The molecule has 156 valence electrons. The third-order valence-electron chi connectivity index (χ3n) is 5.54. The number of oxazole rings is 1. The molecule has 29 heavy (non-hydrogen) atoms. The van der Waals surface area contributed by atoms with Gasteiger partial charge in [0.15, 0.2) is 11.0 Å². The Balaban J connectivity index is 1.70. The first-order valence-corrected chi connectivity index (χ1v) is 10.8. The van der Waals surface area contributed by atoms with Crippen molar-refractivity contribution in [3.05, 3.63) is 53.2 Å². The van der Waals surface area contributed by atoms with E-state index in [1.807, 2.05) is 58.0 Å². The Labute approximate surface area is 176 Å². The highest BCUT2D eigenvalue weighted by Crippen LogP contribution is 2.36. The lowest BCUT2D eigenvalue weighted by atomic mass is 9.80. The second kappa shape index (κ2) is 9.28. The van der Waals surface area contributed by atoms with Crippen LogP contribution in [0.3, 0.4) is 0 Å². The zero-order valence-electron chi connectivity index (χ0n) is 17.6. The fourth-order valence-corrected chi connectivity index (χ4v) is 4.56. The maximum absolute atomic E-state index is 12.6. The molecule has 0 unspecified atom stereocenters. The van der Waals surface area contributed by atoms with Gasteiger partial charge in [0, 0.05) is 30.1 Å². The van der Waals surface area contributed by atoms with Gasteiger partial charge in [-0.05, 0) is 37.6 Å². The minimum absolute atomic E-state index is 0.0416. The van der Waals surface area contributed by atoms with Crippen LogP contribution in [-0.4, -0.2) is 33.5 Å². The fraction of sp³-hybridized carbons (Fsp3) is 0.478. The summed E-state index contributed by atoms with van der Waals surface area (Å²) in [5.74, 6) is 0.406. The Kier molecular flexibility index (Phi) is 6.98. The molecule has 1 aromatic carbocycles. The largest absolute Gasteiger partial charge is 0.449 e. The second-order valence-electron chi connectivity index (χ2n) is 7.97. The van der Waals surface area contributed by atoms with Gasteiger partial charge in [-0.1, -0.05) is 43.3 Å². The van der Waals surface area contributed by atoms with Crippen LogP contribution in [0.25, 0.3) is 6.08 Å². The summed E-state index contributed by atoms with van der Waals surface area (Å²) in [5.41, 5.74) is 2.85. The zero-order valence-corrected chi connectivity index (χ0v) is 18.4. The summed E-state index contributed by atoms with van der Waals surface area (Å²) in [7, 11) is 0. The summed E-state index contributed by atoms with van der Waals surface area (Å²) in [6, 6.07) is 7.90. The number of aliphatic hydroxyl groups is 1. The van der Waals surface area contributed by atoms with Gasteiger partial charge in [-0.3, -0.25) is 4.79 Å². The fourth-order valence-electron chi connectivity index (χ4n) is 3.78. The number of nitrogens with zero attached hydrogens (tertiary/aromatic N) is 1. The number of aromatic nitrogens is 1. The predicted molar refractivity (Wildman–Crippen MR) is 115 cm³/mol. The maximum atomic E-state index is 12.6. The van der Waals surface area contributed by atoms with Crippen molar-refractivity contribution in [2.75, 3.05) is 0 Å². The molecular weight excluding hydrogens is 386 g/mol. The Hall–Kier alpha value is -1.89. The lowest BCUT2D eigenvalue weighted by Gasteiger charge is -2.43. The van der Waals surface area contributed by atoms with E-state index in [0.717, 1.165) is 21.7 Å². The minimum Gasteiger partial charge on any atom is -0.449 e. The number of thioether (sulfide) groups is 1. The molecule has 2 aromatic rings. The van der Waals surface area contributed by atoms with Crippen molar-refractivity contribution in [3.63, 3.8) is 0 Å². The van der Waals surface area contributed by atoms with E-state index >= 15 is 0 Å². The molecule has 5 nitrogen and oxygen atoms in total. The number of aryl methyl sites for hydroxylation is 2. The van der Waals surface area contributed by atoms with Crippen LogP contribution in [0.15, 0.2) is 45.4 Å². The highest BCUT2D eigenvalue weighted by Gasteiger charge is 2.41. The van der Waals surface area contributed by atoms with Crippen LogP contribution >= 0.6 is 11.8 Å². The molecule has 6 heteroatoms. The number of carbonyl (C=O) groups excluding carboxylic acids is 1. The van der Waals surface area contributed by atoms with E-state index in [1.165, 1.54) is 11.8 Å². The summed E-state index contributed by atoms with van der Waals surface area (Å²) in [5, 5.41) is 10.8. The quantitative estimate of drug-likeness (QED) is 0.707. The second-order valence-corrected chi connectivity index (χ2v) is 9.11. The number of hydrogen-bond donors (Lipinski definition) is 1. The minimum atomic E-state index is -0.543. The van der Waals surface area contributed by atoms with E-state index in [1.54, 1.807) is 13.2 Å². The zero-order chi connectivity index (χ0) is 21.1. The third kappa shape index (κ3) is 5.38. The van der Waals surface area contributed by atoms with Crippen LogP contribution in [-0.2, 0) is 9.53 Å². The van der Waals surface area contributed by atoms with Crippen LogP contribution in [0.2, 0.25) is 0 Å². The SMILES string of the molecule is C/C(=C\c1coc(C)n1)[C@@H]1O[C@H](CC(=O)Sc2ccc(C)cc2)[C@H](C)[C@H](O)[C@H]1C. The molecule has 1 aromatic heterocycles. The summed E-state index contributed by atoms with van der Waals surface area (Å²) >= 11 is 1.23. The number of benzene rings is 1. The molecule has 1 fully saturated rings. The average molecular weight is 416 g/mol. The van der Waals surface area contributed by atoms with Crippen molar-refractivity contribution in [2.45, 2.75) is 64.2 Å². The smallest absolute Gasteiger partial charge is 0.196 e. The molecule has 0 aliphatic carbocycles. The summed E-state index contributed by atoms with van der Waals surface area (Å²) in [6.45, 7) is 9.72. The highest BCUT2D eigenvalue weighted by atomic mass is 32.2. The monoisotopic (exact) mass is 415 g/mol. The van der Waals surface area contributed by atoms with Gasteiger partial charge < -0.3 is 14.3 Å². The molecule has 0 spiro atoms. The highest BCUT2D eigenvalue weighted by molar-refractivity contribution is 8.13. The van der Waals surface area contributed by atoms with Crippen LogP contribution in [0.1, 0.15) is 44.3 Å². The standard InChI is InChI=1S/C23H29NO4S/c1-13-6-8-19(9-7-13)29-21(25)11-20-15(3)22(26)16(4)23(28-20)14(2)10-18-12-27-17(5)24-18/h6-10,12,15-16,20,22-23,26H,11H2,1-5H3/b14-10+/t15-,16+,20+,22-,23-/m0/s1. The summed E-state index contributed by atoms with van der Waals surface area (Å²) in [4.78, 5) is 17.9. The van der Waals surface area contributed by atoms with E-state index in [2.05, 4.69) is 4.98 Å². The summed E-state index contributed by atoms with van der Waals surface area (Å²) in [6.07, 6.45) is 2.62. The predicted octanol–water partition coefficient (Wildman–Crippen LogP) is 4.80. The number of rotatable bonds is 5. The Bertz CT molecular complexity index is 873. The number of aliphatic hydroxyl groups excluding tert-OH is 1. The number of carbonyl (C=O) groups is 1. The van der Waals surface area contributed by atoms with E-state index in [9.17, 15) is 9.90 Å². The molecule has 1 aliphatic rings. The first kappa shape index (κ1) is 21.8. The molecule has 5 atom stereocenters. The third-order valence-corrected chi connectivity index (χ3v) is 6.45. The molecule has 1 aliphatic heterocycles. The van der Waals surface area contributed by atoms with Gasteiger partial charge in [-0.2, -0.15) is 0 Å². The average Bonchev–Trinajstić information content (AvgIpc) is 3.08. The maximum Gasteiger partial charge on any atom is 0.196 e. The Morgan fingerprint density at radius 3 is 2.52 bits per heavy atom. The van der Waals surface area contributed by atoms with Crippen molar-refractivity contribution in [3.8, 4) is 0 Å². The lowest BCUT2D eigenvalue weighted by molar-refractivity contribution is -0.154. The molecule has 0 amide bonds. The van der Waals surface area contributed by atoms with E-state index in [0.29, 0.717) is 5.89 Å². The number of ether oxygens (including phenoxy) is 1. The summed E-state index contributed by atoms with van der Waals surface area (Å²) < 4.78 is 11.6. The van der Waals surface area contributed by atoms with Gasteiger partial charge in [0.25, 0.3) is 0 Å². The van der Waals surface area contributed by atoms with Crippen LogP contribution in [0.4, 0.5) is 0 Å². The van der Waals surface area contributed by atoms with Crippen molar-refractivity contribution >= 4 is 23.0 Å². The Morgan fingerprint density at radius 1 is 1.21 bits per heavy atom. The van der Waals surface area contributed by atoms with Gasteiger partial charge >= 0.3 is 0 Å². The van der Waals surface area contributed by atoms with Crippen molar-refractivity contribution in [1.29, 1.82) is 0 Å². The molecule has 0 radical (unpaired) electrons. The molecule has 3 rings (SSSR count). The van der Waals surface area contributed by atoms with Crippen LogP contribution < -0.4 is 0 Å². The van der Waals surface area contributed by atoms with Crippen molar-refractivity contribution < 1.29 is 19.1 Å². The molecule has 0 saturated carbocycles. The van der Waals surface area contributed by atoms with Gasteiger partial charge in [0.2, 0.25) is 0 Å². The molecule has 2 heterocycles.